The van der Waals surface area contributed by atoms with Crippen LogP contribution in [-0.4, -0.2) is 75.2 Å². The summed E-state index contributed by atoms with van der Waals surface area (Å²) in [6.45, 7) is 5.79. The van der Waals surface area contributed by atoms with E-state index in [1.165, 1.54) is 13.5 Å². The van der Waals surface area contributed by atoms with E-state index in [1.807, 2.05) is 0 Å². The summed E-state index contributed by atoms with van der Waals surface area (Å²) in [5.41, 5.74) is 0. The minimum absolute atomic E-state index is 0.156. The molecule has 1 saturated heterocycles. The van der Waals surface area contributed by atoms with E-state index in [9.17, 15) is 4.79 Å². The molecule has 1 rings (SSSR count). The van der Waals surface area contributed by atoms with Crippen molar-refractivity contribution < 1.29 is 9.53 Å². The Bertz CT molecular complexity index is 259. The van der Waals surface area contributed by atoms with Gasteiger partial charge in [0.05, 0.1) is 7.11 Å². The molecule has 1 heterocycles. The van der Waals surface area contributed by atoms with Gasteiger partial charge < -0.3 is 15.0 Å². The first-order valence-electron chi connectivity index (χ1n) is 6.78. The minimum atomic E-state index is -0.198. The number of ether oxygens (including phenoxy) is 1. The van der Waals surface area contributed by atoms with Gasteiger partial charge in [0.15, 0.2) is 0 Å². The van der Waals surface area contributed by atoms with Crippen molar-refractivity contribution in [1.82, 2.24) is 15.1 Å². The Labute approximate surface area is 110 Å². The van der Waals surface area contributed by atoms with Crippen molar-refractivity contribution in [3.63, 3.8) is 0 Å². The minimum Gasteiger partial charge on any atom is -0.468 e. The zero-order chi connectivity index (χ0) is 13.5. The second-order valence-electron chi connectivity index (χ2n) is 5.20. The maximum absolute atomic E-state index is 11.7. The van der Waals surface area contributed by atoms with Crippen LogP contribution in [0.1, 0.15) is 19.8 Å². The highest BCUT2D eigenvalue weighted by Crippen LogP contribution is 2.13. The van der Waals surface area contributed by atoms with E-state index >= 15 is 0 Å². The number of carbonyl (C=O) groups excluding carboxylic acids is 1. The van der Waals surface area contributed by atoms with Crippen molar-refractivity contribution in [3.8, 4) is 0 Å². The van der Waals surface area contributed by atoms with Crippen LogP contribution in [0.2, 0.25) is 0 Å². The normalized spacial score (nSPS) is 22.4. The summed E-state index contributed by atoms with van der Waals surface area (Å²) in [6.07, 6.45) is 2.20. The second kappa shape index (κ2) is 7.71. The van der Waals surface area contributed by atoms with E-state index < -0.39 is 0 Å². The Kier molecular flexibility index (Phi) is 6.60. The lowest BCUT2D eigenvalue weighted by Gasteiger charge is -2.24. The molecule has 0 bridgehead atoms. The number of hydrogen-bond donors (Lipinski definition) is 1. The molecule has 1 fully saturated rings. The summed E-state index contributed by atoms with van der Waals surface area (Å²) >= 11 is 0. The number of esters is 1. The zero-order valence-corrected chi connectivity index (χ0v) is 12.1. The molecule has 5 nitrogen and oxygen atoms in total. The van der Waals surface area contributed by atoms with Crippen LogP contribution < -0.4 is 5.32 Å². The molecule has 2 unspecified atom stereocenters. The maximum atomic E-state index is 11.7. The molecule has 0 aromatic carbocycles. The van der Waals surface area contributed by atoms with Crippen molar-refractivity contribution in [3.05, 3.63) is 0 Å². The van der Waals surface area contributed by atoms with Crippen LogP contribution >= 0.6 is 0 Å². The molecular weight excluding hydrogens is 230 g/mol. The lowest BCUT2D eigenvalue weighted by Crippen LogP contribution is -2.47. The lowest BCUT2D eigenvalue weighted by molar-refractivity contribution is -0.143. The van der Waals surface area contributed by atoms with Crippen molar-refractivity contribution >= 4 is 5.97 Å². The molecule has 0 spiro atoms. The fourth-order valence-electron chi connectivity index (χ4n) is 2.34. The van der Waals surface area contributed by atoms with Crippen LogP contribution in [-0.2, 0) is 9.53 Å². The van der Waals surface area contributed by atoms with Gasteiger partial charge in [0.2, 0.25) is 0 Å². The molecule has 0 radical (unpaired) electrons. The van der Waals surface area contributed by atoms with Gasteiger partial charge in [-0.25, -0.2) is 0 Å². The number of nitrogens with one attached hydrogen (secondary N) is 1. The molecule has 0 saturated carbocycles. The van der Waals surface area contributed by atoms with Crippen LogP contribution in [0.4, 0.5) is 0 Å². The average molecular weight is 257 g/mol. The summed E-state index contributed by atoms with van der Waals surface area (Å²) in [6, 6.07) is 0.408. The third-order valence-electron chi connectivity index (χ3n) is 3.55. The summed E-state index contributed by atoms with van der Waals surface area (Å²) in [5.74, 6) is -0.156. The molecule has 0 aromatic rings. The highest BCUT2D eigenvalue weighted by atomic mass is 16.5. The van der Waals surface area contributed by atoms with Crippen LogP contribution in [0.15, 0.2) is 0 Å². The lowest BCUT2D eigenvalue weighted by atomic mass is 10.2. The van der Waals surface area contributed by atoms with Gasteiger partial charge in [-0.05, 0) is 40.0 Å². The van der Waals surface area contributed by atoms with Crippen molar-refractivity contribution in [2.24, 2.45) is 0 Å². The first kappa shape index (κ1) is 15.4. The van der Waals surface area contributed by atoms with Gasteiger partial charge in [0.1, 0.15) is 6.04 Å². The van der Waals surface area contributed by atoms with Gasteiger partial charge in [-0.1, -0.05) is 6.92 Å². The molecule has 106 valence electrons. The standard InChI is InChI=1S/C13H27N3O2/c1-5-7-14-12(13(17)18-4)10-16-8-6-11(9-16)15(2)3/h11-12,14H,5-10H2,1-4H3. The Morgan fingerprint density at radius 1 is 1.56 bits per heavy atom. The fraction of sp³-hybridized carbons (Fsp3) is 0.923. The molecule has 0 aromatic heterocycles. The number of rotatable bonds is 7. The van der Waals surface area contributed by atoms with Crippen LogP contribution in [0.5, 0.6) is 0 Å². The van der Waals surface area contributed by atoms with Gasteiger partial charge in [-0.15, -0.1) is 0 Å². The molecule has 18 heavy (non-hydrogen) atoms. The van der Waals surface area contributed by atoms with Gasteiger partial charge >= 0.3 is 5.97 Å². The number of carbonyl (C=O) groups is 1. The monoisotopic (exact) mass is 257 g/mol. The number of nitrogens with zero attached hydrogens (tertiary/aromatic N) is 2. The van der Waals surface area contributed by atoms with Crippen molar-refractivity contribution in [2.75, 3.05) is 47.4 Å². The molecule has 1 aliphatic rings. The zero-order valence-electron chi connectivity index (χ0n) is 12.1. The SMILES string of the molecule is CCCNC(CN1CCC(N(C)C)C1)C(=O)OC. The highest BCUT2D eigenvalue weighted by Gasteiger charge is 2.28. The Morgan fingerprint density at radius 3 is 2.78 bits per heavy atom. The molecule has 1 aliphatic heterocycles. The summed E-state index contributed by atoms with van der Waals surface area (Å²) < 4.78 is 4.86. The number of hydrogen-bond acceptors (Lipinski definition) is 5. The number of likely N-dealkylation sites (N-methyl/N-ethyl adjacent to an activating group) is 1. The van der Waals surface area contributed by atoms with Gasteiger partial charge in [0, 0.05) is 19.1 Å². The van der Waals surface area contributed by atoms with Crippen LogP contribution in [0, 0.1) is 0 Å². The molecule has 0 aliphatic carbocycles. The van der Waals surface area contributed by atoms with Gasteiger partial charge in [-0.3, -0.25) is 9.69 Å². The van der Waals surface area contributed by atoms with E-state index in [4.69, 9.17) is 4.74 Å². The molecule has 2 atom stereocenters. The average Bonchev–Trinajstić information content (AvgIpc) is 2.82. The Balaban J connectivity index is 2.43. The predicted octanol–water partition coefficient (Wildman–Crippen LogP) is 0.164. The quantitative estimate of drug-likeness (QED) is 0.658. The van der Waals surface area contributed by atoms with Crippen molar-refractivity contribution in [2.45, 2.75) is 31.8 Å². The van der Waals surface area contributed by atoms with E-state index in [2.05, 4.69) is 36.1 Å². The van der Waals surface area contributed by atoms with E-state index in [0.29, 0.717) is 6.04 Å². The summed E-state index contributed by atoms with van der Waals surface area (Å²) in [7, 11) is 5.68. The smallest absolute Gasteiger partial charge is 0.324 e. The van der Waals surface area contributed by atoms with Gasteiger partial charge in [-0.2, -0.15) is 0 Å². The fourth-order valence-corrected chi connectivity index (χ4v) is 2.34. The topological polar surface area (TPSA) is 44.8 Å². The van der Waals surface area contributed by atoms with E-state index in [1.54, 1.807) is 0 Å². The first-order valence-corrected chi connectivity index (χ1v) is 6.78. The first-order chi connectivity index (χ1) is 8.58. The van der Waals surface area contributed by atoms with E-state index in [-0.39, 0.29) is 12.0 Å². The van der Waals surface area contributed by atoms with Gasteiger partial charge in [0.25, 0.3) is 0 Å². The predicted molar refractivity (Wildman–Crippen MR) is 72.6 cm³/mol. The highest BCUT2D eigenvalue weighted by molar-refractivity contribution is 5.75. The third-order valence-corrected chi connectivity index (χ3v) is 3.55. The third kappa shape index (κ3) is 4.55. The summed E-state index contributed by atoms with van der Waals surface area (Å²) in [4.78, 5) is 16.3. The molecule has 5 heteroatoms. The largest absolute Gasteiger partial charge is 0.468 e. The van der Waals surface area contributed by atoms with Crippen molar-refractivity contribution in [1.29, 1.82) is 0 Å². The second-order valence-corrected chi connectivity index (χ2v) is 5.20. The molecular formula is C13H27N3O2. The molecule has 0 amide bonds. The maximum Gasteiger partial charge on any atom is 0.324 e. The Morgan fingerprint density at radius 2 is 2.28 bits per heavy atom. The summed E-state index contributed by atoms with van der Waals surface area (Å²) in [5, 5.41) is 3.26. The van der Waals surface area contributed by atoms with Crippen LogP contribution in [0.3, 0.4) is 0 Å². The molecule has 1 N–H and O–H groups in total. The van der Waals surface area contributed by atoms with Crippen LogP contribution in [0.25, 0.3) is 0 Å². The number of likely N-dealkylation sites (tertiary alicyclic amines) is 1. The van der Waals surface area contributed by atoms with E-state index in [0.717, 1.165) is 32.6 Å². The number of methoxy groups -OCH3 is 1. The Hall–Kier alpha value is -0.650.